The summed E-state index contributed by atoms with van der Waals surface area (Å²) < 4.78 is 5.85. The molecule has 156 valence electrons. The highest BCUT2D eigenvalue weighted by molar-refractivity contribution is 5.81. The van der Waals surface area contributed by atoms with Gasteiger partial charge in [0.1, 0.15) is 12.4 Å². The second kappa shape index (κ2) is 9.63. The van der Waals surface area contributed by atoms with Crippen molar-refractivity contribution in [3.63, 3.8) is 0 Å². The van der Waals surface area contributed by atoms with Crippen LogP contribution in [0.1, 0.15) is 56.9 Å². The topological polar surface area (TPSA) is 56.6 Å². The SMILES string of the molecule is N#Cc1cccc(OCCN2CCC(C3CCCCCN3C(=O)C3CC3)CC2)c1. The van der Waals surface area contributed by atoms with Crippen molar-refractivity contribution in [3.05, 3.63) is 29.8 Å². The molecule has 1 saturated carbocycles. The van der Waals surface area contributed by atoms with Crippen LogP contribution in [-0.2, 0) is 4.79 Å². The molecule has 29 heavy (non-hydrogen) atoms. The Labute approximate surface area is 174 Å². The van der Waals surface area contributed by atoms with E-state index in [1.165, 1.54) is 38.5 Å². The molecule has 0 bridgehead atoms. The Kier molecular flexibility index (Phi) is 6.71. The zero-order chi connectivity index (χ0) is 20.1. The van der Waals surface area contributed by atoms with E-state index in [1.54, 1.807) is 12.1 Å². The summed E-state index contributed by atoms with van der Waals surface area (Å²) in [6, 6.07) is 9.98. The first-order chi connectivity index (χ1) is 14.2. The number of carbonyl (C=O) groups excluding carboxylic acids is 1. The monoisotopic (exact) mass is 395 g/mol. The van der Waals surface area contributed by atoms with Gasteiger partial charge in [-0.1, -0.05) is 18.9 Å². The maximum absolute atomic E-state index is 12.8. The first kappa shape index (κ1) is 20.2. The van der Waals surface area contributed by atoms with Crippen molar-refractivity contribution in [1.82, 2.24) is 9.80 Å². The maximum Gasteiger partial charge on any atom is 0.225 e. The molecule has 0 spiro atoms. The second-order valence-corrected chi connectivity index (χ2v) is 8.89. The lowest BCUT2D eigenvalue weighted by molar-refractivity contribution is -0.136. The number of piperidine rings is 1. The van der Waals surface area contributed by atoms with Crippen LogP contribution in [0.3, 0.4) is 0 Å². The Morgan fingerprint density at radius 3 is 2.66 bits per heavy atom. The zero-order valence-corrected chi connectivity index (χ0v) is 17.4. The Bertz CT molecular complexity index is 732. The van der Waals surface area contributed by atoms with E-state index in [2.05, 4.69) is 15.9 Å². The molecule has 5 nitrogen and oxygen atoms in total. The Morgan fingerprint density at radius 2 is 1.90 bits per heavy atom. The van der Waals surface area contributed by atoms with Crippen molar-refractivity contribution in [2.75, 3.05) is 32.8 Å². The van der Waals surface area contributed by atoms with Gasteiger partial charge in [-0.15, -0.1) is 0 Å². The fraction of sp³-hybridized carbons (Fsp3) is 0.667. The quantitative estimate of drug-likeness (QED) is 0.735. The van der Waals surface area contributed by atoms with Crippen molar-refractivity contribution in [2.45, 2.75) is 57.4 Å². The molecule has 3 aliphatic rings. The fourth-order valence-corrected chi connectivity index (χ4v) is 4.97. The Hall–Kier alpha value is -2.06. The summed E-state index contributed by atoms with van der Waals surface area (Å²) in [5.74, 6) is 2.21. The van der Waals surface area contributed by atoms with Crippen molar-refractivity contribution in [3.8, 4) is 11.8 Å². The third-order valence-corrected chi connectivity index (χ3v) is 6.82. The largest absolute Gasteiger partial charge is 0.492 e. The normalized spacial score (nSPS) is 24.0. The number of rotatable bonds is 6. The summed E-state index contributed by atoms with van der Waals surface area (Å²) >= 11 is 0. The number of hydrogen-bond donors (Lipinski definition) is 0. The number of benzene rings is 1. The van der Waals surface area contributed by atoms with E-state index < -0.39 is 0 Å². The van der Waals surface area contributed by atoms with Gasteiger partial charge in [0.05, 0.1) is 11.6 Å². The van der Waals surface area contributed by atoms with Gasteiger partial charge in [0.25, 0.3) is 0 Å². The van der Waals surface area contributed by atoms with Crippen LogP contribution in [0.25, 0.3) is 0 Å². The molecule has 1 aromatic rings. The molecule has 1 aliphatic carbocycles. The average molecular weight is 396 g/mol. The summed E-state index contributed by atoms with van der Waals surface area (Å²) in [6.45, 7) is 4.73. The highest BCUT2D eigenvalue weighted by atomic mass is 16.5. The van der Waals surface area contributed by atoms with E-state index in [0.29, 0.717) is 36.0 Å². The minimum Gasteiger partial charge on any atom is -0.492 e. The molecule has 2 saturated heterocycles. The van der Waals surface area contributed by atoms with Crippen LogP contribution in [-0.4, -0.2) is 54.5 Å². The minimum atomic E-state index is 0.340. The molecule has 4 rings (SSSR count). The van der Waals surface area contributed by atoms with Crippen molar-refractivity contribution < 1.29 is 9.53 Å². The van der Waals surface area contributed by atoms with Crippen LogP contribution in [0, 0.1) is 23.2 Å². The summed E-state index contributed by atoms with van der Waals surface area (Å²) in [6.07, 6.45) is 9.50. The van der Waals surface area contributed by atoms with Crippen LogP contribution in [0.5, 0.6) is 5.75 Å². The molecule has 1 unspecified atom stereocenters. The molecule has 0 N–H and O–H groups in total. The van der Waals surface area contributed by atoms with Crippen molar-refractivity contribution in [2.24, 2.45) is 11.8 Å². The molecule has 1 aromatic carbocycles. The van der Waals surface area contributed by atoms with E-state index in [4.69, 9.17) is 10.00 Å². The van der Waals surface area contributed by atoms with Crippen molar-refractivity contribution in [1.29, 1.82) is 5.26 Å². The fourth-order valence-electron chi connectivity index (χ4n) is 4.97. The lowest BCUT2D eigenvalue weighted by Gasteiger charge is -2.41. The van der Waals surface area contributed by atoms with Gasteiger partial charge < -0.3 is 9.64 Å². The first-order valence-electron chi connectivity index (χ1n) is 11.4. The molecule has 3 fully saturated rings. The number of likely N-dealkylation sites (tertiary alicyclic amines) is 2. The van der Waals surface area contributed by atoms with Gasteiger partial charge in [-0.2, -0.15) is 5.26 Å². The van der Waals surface area contributed by atoms with Crippen molar-refractivity contribution >= 4 is 5.91 Å². The maximum atomic E-state index is 12.8. The Morgan fingerprint density at radius 1 is 1.07 bits per heavy atom. The van der Waals surface area contributed by atoms with Gasteiger partial charge in [-0.25, -0.2) is 0 Å². The summed E-state index contributed by atoms with van der Waals surface area (Å²) in [4.78, 5) is 17.6. The number of amides is 1. The predicted molar refractivity (Wildman–Crippen MR) is 113 cm³/mol. The molecule has 2 heterocycles. The minimum absolute atomic E-state index is 0.340. The lowest BCUT2D eigenvalue weighted by Crippen LogP contribution is -2.48. The second-order valence-electron chi connectivity index (χ2n) is 8.89. The van der Waals surface area contributed by atoms with Gasteiger partial charge in [-0.3, -0.25) is 9.69 Å². The third-order valence-electron chi connectivity index (χ3n) is 6.82. The molecule has 0 aromatic heterocycles. The smallest absolute Gasteiger partial charge is 0.225 e. The van der Waals surface area contributed by atoms with Gasteiger partial charge in [0.2, 0.25) is 5.91 Å². The average Bonchev–Trinajstić information content (AvgIpc) is 3.61. The molecule has 5 heteroatoms. The summed E-state index contributed by atoms with van der Waals surface area (Å²) in [5.41, 5.74) is 0.636. The third kappa shape index (κ3) is 5.30. The van der Waals surface area contributed by atoms with E-state index in [1.807, 2.05) is 12.1 Å². The van der Waals surface area contributed by atoms with Gasteiger partial charge in [-0.05, 0) is 75.7 Å². The zero-order valence-electron chi connectivity index (χ0n) is 17.4. The van der Waals surface area contributed by atoms with E-state index in [0.717, 1.165) is 44.8 Å². The highest BCUT2D eigenvalue weighted by Crippen LogP contribution is 2.36. The molecular formula is C24H33N3O2. The number of nitrogens with zero attached hydrogens (tertiary/aromatic N) is 3. The highest BCUT2D eigenvalue weighted by Gasteiger charge is 2.39. The first-order valence-corrected chi connectivity index (χ1v) is 11.4. The molecule has 1 atom stereocenters. The van der Waals surface area contributed by atoms with Crippen LogP contribution in [0.2, 0.25) is 0 Å². The standard InChI is InChI=1S/C24H33N3O2/c25-18-19-5-4-6-22(17-19)29-16-15-26-13-10-20(11-14-26)23-7-2-1-3-12-27(23)24(28)21-8-9-21/h4-6,17,20-21,23H,1-3,7-16H2. The van der Waals surface area contributed by atoms with Gasteiger partial charge in [0.15, 0.2) is 0 Å². The summed E-state index contributed by atoms with van der Waals surface area (Å²) in [5, 5.41) is 8.99. The van der Waals surface area contributed by atoms with E-state index >= 15 is 0 Å². The molecule has 2 aliphatic heterocycles. The van der Waals surface area contributed by atoms with E-state index in [9.17, 15) is 4.79 Å². The number of nitriles is 1. The van der Waals surface area contributed by atoms with Gasteiger partial charge in [0, 0.05) is 25.0 Å². The molecule has 0 radical (unpaired) electrons. The molecule has 1 amide bonds. The van der Waals surface area contributed by atoms with Gasteiger partial charge >= 0.3 is 0 Å². The van der Waals surface area contributed by atoms with Crippen LogP contribution in [0.4, 0.5) is 0 Å². The van der Waals surface area contributed by atoms with E-state index in [-0.39, 0.29) is 0 Å². The van der Waals surface area contributed by atoms with Crippen LogP contribution < -0.4 is 4.74 Å². The Balaban J connectivity index is 1.24. The number of hydrogen-bond acceptors (Lipinski definition) is 4. The predicted octanol–water partition coefficient (Wildman–Crippen LogP) is 3.83. The molecular weight excluding hydrogens is 362 g/mol. The van der Waals surface area contributed by atoms with Crippen LogP contribution in [0.15, 0.2) is 24.3 Å². The lowest BCUT2D eigenvalue weighted by atomic mass is 9.86. The summed E-state index contributed by atoms with van der Waals surface area (Å²) in [7, 11) is 0. The number of carbonyl (C=O) groups is 1. The number of ether oxygens (including phenoxy) is 1. The van der Waals surface area contributed by atoms with Crippen LogP contribution >= 0.6 is 0 Å².